The zero-order valence-corrected chi connectivity index (χ0v) is 15.7. The summed E-state index contributed by atoms with van der Waals surface area (Å²) in [7, 11) is 0. The lowest BCUT2D eigenvalue weighted by molar-refractivity contribution is -0.124. The van der Waals surface area contributed by atoms with Crippen molar-refractivity contribution in [1.29, 1.82) is 0 Å². The Morgan fingerprint density at radius 2 is 1.62 bits per heavy atom. The van der Waals surface area contributed by atoms with E-state index in [1.165, 1.54) is 29.3 Å². The first-order chi connectivity index (χ1) is 14.0. The summed E-state index contributed by atoms with van der Waals surface area (Å²) in [5.74, 6) is -1.17. The summed E-state index contributed by atoms with van der Waals surface area (Å²) >= 11 is 0. The molecule has 1 aromatic heterocycles. The summed E-state index contributed by atoms with van der Waals surface area (Å²) in [6.07, 6.45) is 3.62. The molecule has 4 rings (SSSR count). The normalized spacial score (nSPS) is 19.3. The van der Waals surface area contributed by atoms with E-state index in [1.54, 1.807) is 17.3 Å². The van der Waals surface area contributed by atoms with Gasteiger partial charge in [0.15, 0.2) is 0 Å². The van der Waals surface area contributed by atoms with Crippen LogP contribution in [-0.2, 0) is 9.59 Å². The predicted octanol–water partition coefficient (Wildman–Crippen LogP) is 0.989. The van der Waals surface area contributed by atoms with Gasteiger partial charge in [0, 0.05) is 50.7 Å². The number of nitrogens with zero attached hydrogens (tertiary/aromatic N) is 5. The number of rotatable bonds is 4. The molecule has 1 fully saturated rings. The van der Waals surface area contributed by atoms with Gasteiger partial charge in [-0.15, -0.1) is 0 Å². The molecule has 1 atom stereocenters. The van der Waals surface area contributed by atoms with Gasteiger partial charge in [0.05, 0.1) is 5.69 Å². The van der Waals surface area contributed by atoms with Crippen LogP contribution in [0.25, 0.3) is 0 Å². The van der Waals surface area contributed by atoms with Crippen molar-refractivity contribution >= 4 is 28.9 Å². The molecule has 0 bridgehead atoms. The van der Waals surface area contributed by atoms with Crippen molar-refractivity contribution in [1.82, 2.24) is 9.88 Å². The molecule has 1 aromatic carbocycles. The van der Waals surface area contributed by atoms with Gasteiger partial charge in [-0.3, -0.25) is 19.6 Å². The summed E-state index contributed by atoms with van der Waals surface area (Å²) in [4.78, 5) is 32.8. The number of primary amides is 1. The molecule has 2 amide bonds. The predicted molar refractivity (Wildman–Crippen MR) is 107 cm³/mol. The van der Waals surface area contributed by atoms with Gasteiger partial charge in [-0.05, 0) is 36.4 Å². The average Bonchev–Trinajstić information content (AvgIpc) is 3.20. The standard InChI is InChI=1S/C20H21FN6O2/c21-14-1-3-16(4-2-14)27-18(19(22)28)13-17(24-27)20(29)26-11-9-25(10-12-26)15-5-7-23-8-6-15/h1-8,18H,9-13H2,(H2,22,28). The maximum Gasteiger partial charge on any atom is 0.270 e. The second-order valence-corrected chi connectivity index (χ2v) is 6.97. The highest BCUT2D eigenvalue weighted by molar-refractivity contribution is 6.40. The Morgan fingerprint density at radius 1 is 0.966 bits per heavy atom. The molecule has 0 radical (unpaired) electrons. The smallest absolute Gasteiger partial charge is 0.270 e. The number of hydrazone groups is 1. The molecule has 1 unspecified atom stereocenters. The van der Waals surface area contributed by atoms with Gasteiger partial charge in [0.25, 0.3) is 5.91 Å². The van der Waals surface area contributed by atoms with Crippen molar-refractivity contribution < 1.29 is 14.0 Å². The van der Waals surface area contributed by atoms with Crippen LogP contribution in [0.2, 0.25) is 0 Å². The molecule has 2 aliphatic heterocycles. The van der Waals surface area contributed by atoms with Gasteiger partial charge in [-0.2, -0.15) is 5.10 Å². The van der Waals surface area contributed by atoms with Crippen molar-refractivity contribution in [3.8, 4) is 0 Å². The van der Waals surface area contributed by atoms with Crippen molar-refractivity contribution in [2.24, 2.45) is 10.8 Å². The van der Waals surface area contributed by atoms with Gasteiger partial charge in [-0.1, -0.05) is 0 Å². The lowest BCUT2D eigenvalue weighted by atomic mass is 10.1. The number of hydrogen-bond donors (Lipinski definition) is 1. The van der Waals surface area contributed by atoms with E-state index in [-0.39, 0.29) is 18.0 Å². The van der Waals surface area contributed by atoms with E-state index in [4.69, 9.17) is 5.73 Å². The highest BCUT2D eigenvalue weighted by Gasteiger charge is 2.37. The highest BCUT2D eigenvalue weighted by Crippen LogP contribution is 2.26. The Labute approximate surface area is 167 Å². The first kappa shape index (κ1) is 18.9. The molecular formula is C20H21FN6O2. The monoisotopic (exact) mass is 396 g/mol. The summed E-state index contributed by atoms with van der Waals surface area (Å²) in [5.41, 5.74) is 7.39. The van der Waals surface area contributed by atoms with Crippen molar-refractivity contribution in [2.45, 2.75) is 12.5 Å². The van der Waals surface area contributed by atoms with Crippen LogP contribution in [0, 0.1) is 5.82 Å². The van der Waals surface area contributed by atoms with Crippen LogP contribution >= 0.6 is 0 Å². The van der Waals surface area contributed by atoms with E-state index >= 15 is 0 Å². The third-order valence-electron chi connectivity index (χ3n) is 5.17. The number of piperazine rings is 1. The molecule has 0 saturated carbocycles. The van der Waals surface area contributed by atoms with E-state index < -0.39 is 17.8 Å². The lowest BCUT2D eigenvalue weighted by Gasteiger charge is -2.36. The number of anilines is 2. The SMILES string of the molecule is NC(=O)C1CC(C(=O)N2CCN(c3ccncc3)CC2)=NN1c1ccc(F)cc1. The minimum atomic E-state index is -0.766. The van der Waals surface area contributed by atoms with Crippen molar-refractivity contribution in [2.75, 3.05) is 36.1 Å². The Balaban J connectivity index is 1.46. The molecule has 2 aromatic rings. The van der Waals surface area contributed by atoms with Crippen LogP contribution in [-0.4, -0.2) is 59.6 Å². The Kier molecular flexibility index (Phi) is 5.11. The number of hydrogen-bond acceptors (Lipinski definition) is 6. The zero-order valence-electron chi connectivity index (χ0n) is 15.7. The summed E-state index contributed by atoms with van der Waals surface area (Å²) < 4.78 is 13.2. The maximum atomic E-state index is 13.2. The number of carbonyl (C=O) groups excluding carboxylic acids is 2. The zero-order chi connectivity index (χ0) is 20.4. The maximum absolute atomic E-state index is 13.2. The number of benzene rings is 1. The molecule has 3 heterocycles. The Morgan fingerprint density at radius 3 is 2.24 bits per heavy atom. The molecule has 29 heavy (non-hydrogen) atoms. The quantitative estimate of drug-likeness (QED) is 0.832. The van der Waals surface area contributed by atoms with Gasteiger partial charge in [0.2, 0.25) is 5.91 Å². The van der Waals surface area contributed by atoms with Crippen LogP contribution in [0.5, 0.6) is 0 Å². The Hall–Kier alpha value is -3.49. The molecule has 8 nitrogen and oxygen atoms in total. The number of halogens is 1. The third kappa shape index (κ3) is 3.89. The minimum absolute atomic E-state index is 0.135. The molecule has 9 heteroatoms. The topological polar surface area (TPSA) is 95.1 Å². The highest BCUT2D eigenvalue weighted by atomic mass is 19.1. The summed E-state index contributed by atoms with van der Waals surface area (Å²) in [5, 5.41) is 5.76. The van der Waals surface area contributed by atoms with Crippen LogP contribution < -0.4 is 15.6 Å². The number of pyridine rings is 1. The molecule has 0 spiro atoms. The van der Waals surface area contributed by atoms with E-state index in [1.807, 2.05) is 12.1 Å². The van der Waals surface area contributed by atoms with E-state index in [0.717, 1.165) is 5.69 Å². The second-order valence-electron chi connectivity index (χ2n) is 6.97. The number of amides is 2. The van der Waals surface area contributed by atoms with Crippen LogP contribution in [0.1, 0.15) is 6.42 Å². The average molecular weight is 396 g/mol. The third-order valence-corrected chi connectivity index (χ3v) is 5.17. The van der Waals surface area contributed by atoms with Crippen LogP contribution in [0.3, 0.4) is 0 Å². The first-order valence-corrected chi connectivity index (χ1v) is 9.39. The summed E-state index contributed by atoms with van der Waals surface area (Å²) in [6.45, 7) is 2.50. The molecule has 2 aliphatic rings. The first-order valence-electron chi connectivity index (χ1n) is 9.39. The fourth-order valence-electron chi connectivity index (χ4n) is 3.60. The fraction of sp³-hybridized carbons (Fsp3) is 0.300. The molecule has 1 saturated heterocycles. The van der Waals surface area contributed by atoms with Crippen LogP contribution in [0.15, 0.2) is 53.9 Å². The van der Waals surface area contributed by atoms with Gasteiger partial charge in [-0.25, -0.2) is 4.39 Å². The minimum Gasteiger partial charge on any atom is -0.368 e. The van der Waals surface area contributed by atoms with Crippen LogP contribution in [0.4, 0.5) is 15.8 Å². The number of aromatic nitrogens is 1. The largest absolute Gasteiger partial charge is 0.368 e. The molecule has 150 valence electrons. The van der Waals surface area contributed by atoms with E-state index in [2.05, 4.69) is 15.0 Å². The fourth-order valence-corrected chi connectivity index (χ4v) is 3.60. The summed E-state index contributed by atoms with van der Waals surface area (Å²) in [6, 6.07) is 8.69. The van der Waals surface area contributed by atoms with Gasteiger partial charge >= 0.3 is 0 Å². The number of nitrogens with two attached hydrogens (primary N) is 1. The van der Waals surface area contributed by atoms with Gasteiger partial charge < -0.3 is 15.5 Å². The number of carbonyl (C=O) groups is 2. The van der Waals surface area contributed by atoms with Crippen molar-refractivity contribution in [3.05, 3.63) is 54.6 Å². The van der Waals surface area contributed by atoms with Gasteiger partial charge in [0.1, 0.15) is 17.6 Å². The van der Waals surface area contributed by atoms with E-state index in [0.29, 0.717) is 31.9 Å². The molecule has 0 aliphatic carbocycles. The van der Waals surface area contributed by atoms with Crippen molar-refractivity contribution in [3.63, 3.8) is 0 Å². The van der Waals surface area contributed by atoms with E-state index in [9.17, 15) is 14.0 Å². The Bertz CT molecular complexity index is 926. The second kappa shape index (κ2) is 7.86. The molecular weight excluding hydrogens is 375 g/mol. The lowest BCUT2D eigenvalue weighted by Crippen LogP contribution is -2.50. The molecule has 2 N–H and O–H groups in total.